The Morgan fingerprint density at radius 2 is 1.86 bits per heavy atom. The Labute approximate surface area is 88.0 Å². The van der Waals surface area contributed by atoms with Crippen LogP contribution in [0.25, 0.3) is 0 Å². The van der Waals surface area contributed by atoms with Crippen LogP contribution < -0.4 is 0 Å². The molecular weight excluding hydrogens is 176 g/mol. The van der Waals surface area contributed by atoms with Gasteiger partial charge in [0.05, 0.1) is 12.2 Å². The minimum atomic E-state index is 0.0122. The van der Waals surface area contributed by atoms with Crippen molar-refractivity contribution in [2.24, 2.45) is 11.8 Å². The van der Waals surface area contributed by atoms with Crippen molar-refractivity contribution < 1.29 is 9.47 Å². The predicted octanol–water partition coefficient (Wildman–Crippen LogP) is 2.86. The summed E-state index contributed by atoms with van der Waals surface area (Å²) in [5.74, 6) is 1.28. The van der Waals surface area contributed by atoms with E-state index in [-0.39, 0.29) is 5.60 Å². The summed E-state index contributed by atoms with van der Waals surface area (Å²) >= 11 is 0. The van der Waals surface area contributed by atoms with Crippen molar-refractivity contribution in [1.82, 2.24) is 0 Å². The second-order valence-electron chi connectivity index (χ2n) is 5.12. The average molecular weight is 200 g/mol. The molecule has 84 valence electrons. The summed E-state index contributed by atoms with van der Waals surface area (Å²) in [6, 6.07) is 0. The first-order chi connectivity index (χ1) is 6.52. The highest BCUT2D eigenvalue weighted by Gasteiger charge is 2.25. The third kappa shape index (κ3) is 3.58. The first-order valence-electron chi connectivity index (χ1n) is 5.74. The lowest BCUT2D eigenvalue weighted by Gasteiger charge is -2.32. The Kier molecular flexibility index (Phi) is 4.39. The van der Waals surface area contributed by atoms with Crippen LogP contribution in [0.5, 0.6) is 0 Å². The fourth-order valence-corrected chi connectivity index (χ4v) is 1.41. The van der Waals surface area contributed by atoms with Crippen LogP contribution in [-0.4, -0.2) is 25.4 Å². The lowest BCUT2D eigenvalue weighted by Crippen LogP contribution is -2.34. The number of hydrogen-bond acceptors (Lipinski definition) is 2. The molecule has 1 fully saturated rings. The molecule has 0 amide bonds. The molecule has 0 aromatic heterocycles. The Morgan fingerprint density at radius 3 is 2.36 bits per heavy atom. The molecule has 1 aliphatic rings. The van der Waals surface area contributed by atoms with E-state index in [1.165, 1.54) is 0 Å². The summed E-state index contributed by atoms with van der Waals surface area (Å²) in [4.78, 5) is 0. The molecular formula is C12H24O2. The topological polar surface area (TPSA) is 18.5 Å². The summed E-state index contributed by atoms with van der Waals surface area (Å²) in [7, 11) is 0. The summed E-state index contributed by atoms with van der Waals surface area (Å²) in [5.41, 5.74) is 0.0122. The van der Waals surface area contributed by atoms with E-state index < -0.39 is 0 Å². The van der Waals surface area contributed by atoms with Crippen LogP contribution in [0.2, 0.25) is 0 Å². The molecule has 1 rings (SSSR count). The van der Waals surface area contributed by atoms with E-state index in [1.54, 1.807) is 0 Å². The largest absolute Gasteiger partial charge is 0.381 e. The van der Waals surface area contributed by atoms with E-state index in [9.17, 15) is 0 Å². The maximum atomic E-state index is 5.97. The molecule has 0 atom stereocenters. The molecule has 1 heterocycles. The van der Waals surface area contributed by atoms with Crippen LogP contribution in [0.4, 0.5) is 0 Å². The van der Waals surface area contributed by atoms with Gasteiger partial charge >= 0.3 is 0 Å². The summed E-state index contributed by atoms with van der Waals surface area (Å²) < 4.78 is 11.3. The Bertz CT molecular complexity index is 158. The van der Waals surface area contributed by atoms with Crippen LogP contribution in [0, 0.1) is 11.8 Å². The van der Waals surface area contributed by atoms with Crippen LogP contribution in [0.15, 0.2) is 0 Å². The van der Waals surface area contributed by atoms with Crippen molar-refractivity contribution in [3.05, 3.63) is 0 Å². The highest BCUT2D eigenvalue weighted by atomic mass is 16.5. The molecule has 0 bridgehead atoms. The Balaban J connectivity index is 2.24. The standard InChI is InChI=1S/C12H24O2/c1-10(2)12(3,4)14-9-11-5-7-13-8-6-11/h10-11H,5-9H2,1-4H3. The second-order valence-corrected chi connectivity index (χ2v) is 5.12. The van der Waals surface area contributed by atoms with E-state index >= 15 is 0 Å². The van der Waals surface area contributed by atoms with Crippen molar-refractivity contribution in [2.75, 3.05) is 19.8 Å². The highest BCUT2D eigenvalue weighted by Crippen LogP contribution is 2.23. The van der Waals surface area contributed by atoms with Gasteiger partial charge in [-0.3, -0.25) is 0 Å². The molecule has 0 N–H and O–H groups in total. The minimum Gasteiger partial charge on any atom is -0.381 e. The highest BCUT2D eigenvalue weighted by molar-refractivity contribution is 4.74. The van der Waals surface area contributed by atoms with Crippen molar-refractivity contribution in [3.63, 3.8) is 0 Å². The minimum absolute atomic E-state index is 0.0122. The first-order valence-corrected chi connectivity index (χ1v) is 5.74. The molecule has 0 aliphatic carbocycles. The van der Waals surface area contributed by atoms with E-state index in [0.29, 0.717) is 11.8 Å². The van der Waals surface area contributed by atoms with Gasteiger partial charge in [-0.05, 0) is 38.5 Å². The van der Waals surface area contributed by atoms with Gasteiger partial charge in [-0.2, -0.15) is 0 Å². The third-order valence-corrected chi connectivity index (χ3v) is 3.42. The normalized spacial score (nSPS) is 20.4. The summed E-state index contributed by atoms with van der Waals surface area (Å²) in [5, 5.41) is 0. The SMILES string of the molecule is CC(C)C(C)(C)OCC1CCOCC1. The van der Waals surface area contributed by atoms with Gasteiger partial charge in [-0.1, -0.05) is 13.8 Å². The molecule has 0 radical (unpaired) electrons. The molecule has 1 saturated heterocycles. The van der Waals surface area contributed by atoms with Gasteiger partial charge in [0.2, 0.25) is 0 Å². The van der Waals surface area contributed by atoms with Crippen LogP contribution in [0.3, 0.4) is 0 Å². The van der Waals surface area contributed by atoms with Crippen molar-refractivity contribution in [1.29, 1.82) is 0 Å². The van der Waals surface area contributed by atoms with Crippen molar-refractivity contribution in [2.45, 2.75) is 46.1 Å². The van der Waals surface area contributed by atoms with E-state index in [0.717, 1.165) is 32.7 Å². The van der Waals surface area contributed by atoms with Gasteiger partial charge < -0.3 is 9.47 Å². The first kappa shape index (κ1) is 12.0. The molecule has 0 aromatic carbocycles. The van der Waals surface area contributed by atoms with E-state index in [1.807, 2.05) is 0 Å². The molecule has 0 unspecified atom stereocenters. The third-order valence-electron chi connectivity index (χ3n) is 3.42. The number of ether oxygens (including phenoxy) is 2. The van der Waals surface area contributed by atoms with E-state index in [4.69, 9.17) is 9.47 Å². The smallest absolute Gasteiger partial charge is 0.0649 e. The van der Waals surface area contributed by atoms with Crippen LogP contribution in [-0.2, 0) is 9.47 Å². The van der Waals surface area contributed by atoms with Gasteiger partial charge in [0.15, 0.2) is 0 Å². The lowest BCUT2D eigenvalue weighted by atomic mass is 9.94. The fourth-order valence-electron chi connectivity index (χ4n) is 1.41. The van der Waals surface area contributed by atoms with E-state index in [2.05, 4.69) is 27.7 Å². The zero-order valence-electron chi connectivity index (χ0n) is 10.0. The number of rotatable bonds is 4. The fraction of sp³-hybridized carbons (Fsp3) is 1.00. The molecule has 1 aliphatic heterocycles. The zero-order chi connectivity index (χ0) is 10.6. The molecule has 2 heteroatoms. The second kappa shape index (κ2) is 5.13. The lowest BCUT2D eigenvalue weighted by molar-refractivity contribution is -0.0789. The van der Waals surface area contributed by atoms with Crippen molar-refractivity contribution in [3.8, 4) is 0 Å². The summed E-state index contributed by atoms with van der Waals surface area (Å²) in [6.07, 6.45) is 2.32. The molecule has 2 nitrogen and oxygen atoms in total. The van der Waals surface area contributed by atoms with Gasteiger partial charge in [-0.15, -0.1) is 0 Å². The number of hydrogen-bond donors (Lipinski definition) is 0. The monoisotopic (exact) mass is 200 g/mol. The van der Waals surface area contributed by atoms with Crippen molar-refractivity contribution >= 4 is 0 Å². The van der Waals surface area contributed by atoms with Gasteiger partial charge in [0.25, 0.3) is 0 Å². The van der Waals surface area contributed by atoms with Gasteiger partial charge in [-0.25, -0.2) is 0 Å². The maximum absolute atomic E-state index is 5.97. The van der Waals surface area contributed by atoms with Gasteiger partial charge in [0, 0.05) is 13.2 Å². The Hall–Kier alpha value is -0.0800. The predicted molar refractivity (Wildman–Crippen MR) is 58.4 cm³/mol. The molecule has 0 spiro atoms. The molecule has 0 saturated carbocycles. The van der Waals surface area contributed by atoms with Crippen LogP contribution >= 0.6 is 0 Å². The summed E-state index contributed by atoms with van der Waals surface area (Å²) in [6.45, 7) is 11.5. The maximum Gasteiger partial charge on any atom is 0.0649 e. The average Bonchev–Trinajstić information content (AvgIpc) is 2.16. The molecule has 0 aromatic rings. The Morgan fingerprint density at radius 1 is 1.29 bits per heavy atom. The molecule has 14 heavy (non-hydrogen) atoms. The van der Waals surface area contributed by atoms with Gasteiger partial charge in [0.1, 0.15) is 0 Å². The van der Waals surface area contributed by atoms with Crippen LogP contribution in [0.1, 0.15) is 40.5 Å². The zero-order valence-corrected chi connectivity index (χ0v) is 10.0. The quantitative estimate of drug-likeness (QED) is 0.694.